The molecule has 0 saturated heterocycles. The van der Waals surface area contributed by atoms with Crippen LogP contribution in [-0.4, -0.2) is 25.0 Å². The number of para-hydroxylation sites is 1. The lowest BCUT2D eigenvalue weighted by atomic mass is 10.1. The van der Waals surface area contributed by atoms with Crippen LogP contribution in [-0.2, 0) is 0 Å². The van der Waals surface area contributed by atoms with E-state index in [0.717, 1.165) is 6.42 Å². The van der Waals surface area contributed by atoms with Gasteiger partial charge in [0.15, 0.2) is 0 Å². The molecule has 132 valence electrons. The second-order valence-corrected chi connectivity index (χ2v) is 5.16. The highest BCUT2D eigenvalue weighted by atomic mass is 19.3. The Morgan fingerprint density at radius 1 is 1.04 bits per heavy atom. The first kappa shape index (κ1) is 18.4. The van der Waals surface area contributed by atoms with Gasteiger partial charge in [0.05, 0.1) is 11.3 Å². The van der Waals surface area contributed by atoms with Crippen molar-refractivity contribution in [3.8, 4) is 5.75 Å². The number of carbonyl (C=O) groups is 2. The lowest BCUT2D eigenvalue weighted by molar-refractivity contribution is -0.0498. The van der Waals surface area contributed by atoms with Gasteiger partial charge in [-0.2, -0.15) is 8.78 Å². The maximum absolute atomic E-state index is 12.3. The zero-order valence-corrected chi connectivity index (χ0v) is 13.6. The maximum Gasteiger partial charge on any atom is 0.387 e. The van der Waals surface area contributed by atoms with Gasteiger partial charge in [0.1, 0.15) is 5.75 Å². The van der Waals surface area contributed by atoms with Gasteiger partial charge in [0, 0.05) is 12.1 Å². The average molecular weight is 348 g/mol. The van der Waals surface area contributed by atoms with Crippen LogP contribution in [0.25, 0.3) is 0 Å². The van der Waals surface area contributed by atoms with Crippen molar-refractivity contribution in [1.82, 2.24) is 5.32 Å². The quantitative estimate of drug-likeness (QED) is 0.802. The second-order valence-electron chi connectivity index (χ2n) is 5.16. The molecular formula is C18H18F2N2O3. The Morgan fingerprint density at radius 2 is 1.72 bits per heavy atom. The molecule has 7 heteroatoms. The van der Waals surface area contributed by atoms with Gasteiger partial charge >= 0.3 is 6.61 Å². The number of alkyl halides is 2. The molecule has 0 aliphatic heterocycles. The molecule has 0 aromatic heterocycles. The van der Waals surface area contributed by atoms with Crippen molar-refractivity contribution >= 4 is 17.5 Å². The summed E-state index contributed by atoms with van der Waals surface area (Å²) in [4.78, 5) is 24.4. The van der Waals surface area contributed by atoms with Crippen LogP contribution in [0.15, 0.2) is 48.5 Å². The summed E-state index contributed by atoms with van der Waals surface area (Å²) < 4.78 is 28.5. The highest BCUT2D eigenvalue weighted by Crippen LogP contribution is 2.18. The van der Waals surface area contributed by atoms with Crippen LogP contribution < -0.4 is 15.4 Å². The molecule has 0 unspecified atom stereocenters. The van der Waals surface area contributed by atoms with E-state index in [2.05, 4.69) is 15.4 Å². The number of rotatable bonds is 7. The number of hydrogen-bond donors (Lipinski definition) is 2. The minimum Gasteiger partial charge on any atom is -0.435 e. The highest BCUT2D eigenvalue weighted by Gasteiger charge is 2.14. The molecule has 0 aliphatic carbocycles. The van der Waals surface area contributed by atoms with Gasteiger partial charge in [-0.25, -0.2) is 0 Å². The topological polar surface area (TPSA) is 67.4 Å². The van der Waals surface area contributed by atoms with Crippen LogP contribution in [0.1, 0.15) is 34.1 Å². The standard InChI is InChI=1S/C18H18F2N2O3/c1-2-11-21-17(24)14-5-3-4-6-15(14)22-16(23)12-7-9-13(10-8-12)25-18(19)20/h3-10,18H,2,11H2,1H3,(H,21,24)(H,22,23). The molecular weight excluding hydrogens is 330 g/mol. The first-order valence-electron chi connectivity index (χ1n) is 7.74. The van der Waals surface area contributed by atoms with Gasteiger partial charge in [-0.05, 0) is 42.8 Å². The molecule has 25 heavy (non-hydrogen) atoms. The Balaban J connectivity index is 2.11. The fraction of sp³-hybridized carbons (Fsp3) is 0.222. The Labute approximate surface area is 144 Å². The number of halogens is 2. The monoisotopic (exact) mass is 348 g/mol. The van der Waals surface area contributed by atoms with E-state index < -0.39 is 12.5 Å². The number of anilines is 1. The molecule has 0 atom stereocenters. The molecule has 0 radical (unpaired) electrons. The third-order valence-electron chi connectivity index (χ3n) is 3.30. The van der Waals surface area contributed by atoms with E-state index in [9.17, 15) is 18.4 Å². The molecule has 0 heterocycles. The average Bonchev–Trinajstić information content (AvgIpc) is 2.60. The Hall–Kier alpha value is -2.96. The third kappa shape index (κ3) is 5.27. The van der Waals surface area contributed by atoms with Crippen molar-refractivity contribution in [2.75, 3.05) is 11.9 Å². The van der Waals surface area contributed by atoms with Crippen LogP contribution >= 0.6 is 0 Å². The fourth-order valence-corrected chi connectivity index (χ4v) is 2.11. The third-order valence-corrected chi connectivity index (χ3v) is 3.30. The molecule has 2 aromatic rings. The van der Waals surface area contributed by atoms with Crippen molar-refractivity contribution in [3.05, 3.63) is 59.7 Å². The predicted molar refractivity (Wildman–Crippen MR) is 90.1 cm³/mol. The van der Waals surface area contributed by atoms with E-state index in [0.29, 0.717) is 17.8 Å². The second kappa shape index (κ2) is 8.77. The van der Waals surface area contributed by atoms with Crippen molar-refractivity contribution in [2.24, 2.45) is 0 Å². The Morgan fingerprint density at radius 3 is 2.36 bits per heavy atom. The summed E-state index contributed by atoms with van der Waals surface area (Å²) in [7, 11) is 0. The van der Waals surface area contributed by atoms with E-state index in [1.807, 2.05) is 6.92 Å². The lowest BCUT2D eigenvalue weighted by Gasteiger charge is -2.11. The van der Waals surface area contributed by atoms with Gasteiger partial charge < -0.3 is 15.4 Å². The summed E-state index contributed by atoms with van der Waals surface area (Å²) in [6.07, 6.45) is 0.799. The summed E-state index contributed by atoms with van der Waals surface area (Å²) in [5.41, 5.74) is 0.973. The summed E-state index contributed by atoms with van der Waals surface area (Å²) >= 11 is 0. The zero-order valence-electron chi connectivity index (χ0n) is 13.6. The molecule has 2 rings (SSSR count). The SMILES string of the molecule is CCCNC(=O)c1ccccc1NC(=O)c1ccc(OC(F)F)cc1. The minimum absolute atomic E-state index is 0.0362. The van der Waals surface area contributed by atoms with E-state index >= 15 is 0 Å². The summed E-state index contributed by atoms with van der Waals surface area (Å²) in [6.45, 7) is -0.449. The van der Waals surface area contributed by atoms with Gasteiger partial charge in [-0.3, -0.25) is 9.59 Å². The van der Waals surface area contributed by atoms with E-state index in [1.54, 1.807) is 24.3 Å². The van der Waals surface area contributed by atoms with Crippen LogP contribution in [0.4, 0.5) is 14.5 Å². The molecule has 2 amide bonds. The first-order valence-corrected chi connectivity index (χ1v) is 7.74. The molecule has 2 aromatic carbocycles. The molecule has 0 saturated carbocycles. The molecule has 0 bridgehead atoms. The van der Waals surface area contributed by atoms with Crippen LogP contribution in [0.2, 0.25) is 0 Å². The predicted octanol–water partition coefficient (Wildman–Crippen LogP) is 3.68. The lowest BCUT2D eigenvalue weighted by Crippen LogP contribution is -2.25. The number of amides is 2. The van der Waals surface area contributed by atoms with Crippen LogP contribution in [0, 0.1) is 0 Å². The number of benzene rings is 2. The maximum atomic E-state index is 12.3. The smallest absolute Gasteiger partial charge is 0.387 e. The normalized spacial score (nSPS) is 10.4. The summed E-state index contributed by atoms with van der Waals surface area (Å²) in [6, 6.07) is 11.9. The van der Waals surface area contributed by atoms with Gasteiger partial charge in [0.2, 0.25) is 0 Å². The van der Waals surface area contributed by atoms with Crippen molar-refractivity contribution in [1.29, 1.82) is 0 Å². The molecule has 5 nitrogen and oxygen atoms in total. The minimum atomic E-state index is -2.92. The summed E-state index contributed by atoms with van der Waals surface area (Å²) in [5.74, 6) is -0.774. The van der Waals surface area contributed by atoms with Crippen molar-refractivity contribution in [2.45, 2.75) is 20.0 Å². The molecule has 0 spiro atoms. The molecule has 0 fully saturated rings. The molecule has 2 N–H and O–H groups in total. The zero-order chi connectivity index (χ0) is 18.2. The van der Waals surface area contributed by atoms with E-state index in [-0.39, 0.29) is 17.2 Å². The van der Waals surface area contributed by atoms with E-state index in [1.165, 1.54) is 24.3 Å². The van der Waals surface area contributed by atoms with Crippen LogP contribution in [0.3, 0.4) is 0 Å². The molecule has 0 aliphatic rings. The largest absolute Gasteiger partial charge is 0.435 e. The summed E-state index contributed by atoms with van der Waals surface area (Å²) in [5, 5.41) is 5.41. The van der Waals surface area contributed by atoms with Gasteiger partial charge in [0.25, 0.3) is 11.8 Å². The Bertz CT molecular complexity index is 733. The highest BCUT2D eigenvalue weighted by molar-refractivity contribution is 6.09. The van der Waals surface area contributed by atoms with Gasteiger partial charge in [-0.1, -0.05) is 19.1 Å². The van der Waals surface area contributed by atoms with Crippen molar-refractivity contribution in [3.63, 3.8) is 0 Å². The van der Waals surface area contributed by atoms with Crippen molar-refractivity contribution < 1.29 is 23.1 Å². The van der Waals surface area contributed by atoms with Crippen LogP contribution in [0.5, 0.6) is 5.75 Å². The number of hydrogen-bond acceptors (Lipinski definition) is 3. The number of ether oxygens (including phenoxy) is 1. The first-order chi connectivity index (χ1) is 12.0. The van der Waals surface area contributed by atoms with E-state index in [4.69, 9.17) is 0 Å². The fourth-order valence-electron chi connectivity index (χ4n) is 2.11. The number of nitrogens with one attached hydrogen (secondary N) is 2. The number of carbonyl (C=O) groups excluding carboxylic acids is 2. The Kier molecular flexibility index (Phi) is 6.45. The van der Waals surface area contributed by atoms with Gasteiger partial charge in [-0.15, -0.1) is 0 Å².